The number of benzene rings is 1. The van der Waals surface area contributed by atoms with Crippen molar-refractivity contribution >= 4 is 51.8 Å². The quantitative estimate of drug-likeness (QED) is 0.149. The number of ether oxygens (including phenoxy) is 3. The lowest BCUT2D eigenvalue weighted by molar-refractivity contribution is -0.155. The van der Waals surface area contributed by atoms with Gasteiger partial charge in [0.05, 0.1) is 18.3 Å². The number of sulfonamides is 1. The molecule has 2 aliphatic carbocycles. The van der Waals surface area contributed by atoms with Crippen LogP contribution in [0.5, 0.6) is 0 Å². The summed E-state index contributed by atoms with van der Waals surface area (Å²) in [6, 6.07) is 0.517. The summed E-state index contributed by atoms with van der Waals surface area (Å²) in [5.74, 6) is -4.88. The maximum Gasteiger partial charge on any atom is 0.410 e. The molecule has 0 bridgehead atoms. The van der Waals surface area contributed by atoms with Crippen molar-refractivity contribution < 1.29 is 60.6 Å². The molecule has 1 aromatic carbocycles. The minimum atomic E-state index is -3.99. The van der Waals surface area contributed by atoms with E-state index in [2.05, 4.69) is 20.7 Å². The fourth-order valence-corrected chi connectivity index (χ4v) is 9.58. The standard InChI is InChI=1S/C44H61FN6O12S/c1-42(2,3)62-35(52)20-19-32(47-40(57)63-43(4,5)6)36(53)46-33-16-11-9-7-8-10-14-27-22-44(27,39(56)49-64(59,60)29-17-18-29)48-37(54)34-21-28(24-51(34)38(33)55)61-41(58)50-23-26-13-12-15-31(45)30(26)25-50/h10,12-15,27-29,32-34H,7-9,11,16-25H2,1-6H3,(H,46,53)(H,47,57)(H,48,54)(H,49,56)/b14-10-/t27-,28-,32+,33+,34+,44-/m1/s1. The molecule has 0 aromatic heterocycles. The Labute approximate surface area is 373 Å². The van der Waals surface area contributed by atoms with Crippen LogP contribution in [0.3, 0.4) is 0 Å². The molecule has 6 atom stereocenters. The van der Waals surface area contributed by atoms with E-state index in [1.165, 1.54) is 21.9 Å². The van der Waals surface area contributed by atoms with Crippen LogP contribution in [0.4, 0.5) is 14.0 Å². The van der Waals surface area contributed by atoms with Crippen LogP contribution in [0.25, 0.3) is 0 Å². The van der Waals surface area contributed by atoms with E-state index in [0.717, 1.165) is 0 Å². The summed E-state index contributed by atoms with van der Waals surface area (Å²) in [4.78, 5) is 99.0. The van der Waals surface area contributed by atoms with E-state index in [1.807, 2.05) is 6.08 Å². The molecule has 2 saturated carbocycles. The van der Waals surface area contributed by atoms with E-state index in [1.54, 1.807) is 53.7 Å². The highest BCUT2D eigenvalue weighted by Gasteiger charge is 2.62. The Balaban J connectivity index is 1.27. The number of amides is 6. The predicted octanol–water partition coefficient (Wildman–Crippen LogP) is 3.75. The minimum absolute atomic E-state index is 0.0586. The van der Waals surface area contributed by atoms with Gasteiger partial charge in [0.15, 0.2) is 0 Å². The molecule has 6 rings (SSSR count). The van der Waals surface area contributed by atoms with Gasteiger partial charge in [-0.1, -0.05) is 37.1 Å². The van der Waals surface area contributed by atoms with Crippen molar-refractivity contribution in [1.29, 1.82) is 0 Å². The lowest BCUT2D eigenvalue weighted by Crippen LogP contribution is -2.59. The fourth-order valence-electron chi connectivity index (χ4n) is 8.22. The van der Waals surface area contributed by atoms with Crippen LogP contribution in [-0.2, 0) is 61.3 Å². The number of nitrogens with one attached hydrogen (secondary N) is 4. The zero-order chi connectivity index (χ0) is 46.8. The van der Waals surface area contributed by atoms with Gasteiger partial charge in [0, 0.05) is 30.9 Å². The van der Waals surface area contributed by atoms with Crippen molar-refractivity contribution in [3.8, 4) is 0 Å². The lowest BCUT2D eigenvalue weighted by atomic mass is 10.0. The van der Waals surface area contributed by atoms with Crippen LogP contribution >= 0.6 is 0 Å². The third-order valence-electron chi connectivity index (χ3n) is 11.7. The number of esters is 1. The SMILES string of the molecule is CC(C)(C)OC(=O)CC[C@H](NC(=O)OC(C)(C)C)C(=O)N[C@H]1CCCCC/C=C\[C@@H]2C[C@@]2(C(=O)NS(=O)(=O)C2CC2)NC(=O)[C@@H]2C[C@@H](OC(=O)N3Cc4cccc(F)c4C3)CN2C1=O. The van der Waals surface area contributed by atoms with Crippen molar-refractivity contribution in [2.24, 2.45) is 5.92 Å². The first-order chi connectivity index (χ1) is 29.9. The number of allylic oxidation sites excluding steroid dienone is 1. The summed E-state index contributed by atoms with van der Waals surface area (Å²) in [5, 5.41) is 7.32. The Morgan fingerprint density at radius 3 is 2.36 bits per heavy atom. The molecule has 352 valence electrons. The van der Waals surface area contributed by atoms with E-state index in [-0.39, 0.29) is 51.7 Å². The molecule has 6 amide bonds. The van der Waals surface area contributed by atoms with Gasteiger partial charge in [0.1, 0.15) is 46.8 Å². The summed E-state index contributed by atoms with van der Waals surface area (Å²) >= 11 is 0. The highest BCUT2D eigenvalue weighted by molar-refractivity contribution is 7.91. The van der Waals surface area contributed by atoms with Gasteiger partial charge in [-0.15, -0.1) is 0 Å². The average molecular weight is 917 g/mol. The van der Waals surface area contributed by atoms with Gasteiger partial charge in [0.25, 0.3) is 5.91 Å². The smallest absolute Gasteiger partial charge is 0.410 e. The van der Waals surface area contributed by atoms with Crippen molar-refractivity contribution in [3.05, 3.63) is 47.3 Å². The molecule has 0 spiro atoms. The predicted molar refractivity (Wildman–Crippen MR) is 227 cm³/mol. The third-order valence-corrected chi connectivity index (χ3v) is 13.5. The topological polar surface area (TPSA) is 236 Å². The van der Waals surface area contributed by atoms with E-state index in [0.29, 0.717) is 49.7 Å². The molecular formula is C44H61FN6O12S. The molecule has 5 aliphatic rings. The second-order valence-electron chi connectivity index (χ2n) is 19.4. The molecule has 3 heterocycles. The van der Waals surface area contributed by atoms with Gasteiger partial charge in [-0.3, -0.25) is 33.6 Å². The van der Waals surface area contributed by atoms with Crippen molar-refractivity contribution in [3.63, 3.8) is 0 Å². The Hall–Kier alpha value is -5.27. The Morgan fingerprint density at radius 2 is 1.69 bits per heavy atom. The van der Waals surface area contributed by atoms with Crippen molar-refractivity contribution in [2.75, 3.05) is 6.54 Å². The van der Waals surface area contributed by atoms with Gasteiger partial charge >= 0.3 is 18.2 Å². The number of carbonyl (C=O) groups is 7. The lowest BCUT2D eigenvalue weighted by Gasteiger charge is -2.31. The number of hydrogen-bond donors (Lipinski definition) is 4. The Morgan fingerprint density at radius 1 is 0.969 bits per heavy atom. The summed E-state index contributed by atoms with van der Waals surface area (Å²) in [6.07, 6.45) is 3.40. The molecule has 4 N–H and O–H groups in total. The second-order valence-corrected chi connectivity index (χ2v) is 21.3. The molecule has 64 heavy (non-hydrogen) atoms. The minimum Gasteiger partial charge on any atom is -0.460 e. The van der Waals surface area contributed by atoms with Gasteiger partial charge in [-0.2, -0.15) is 0 Å². The molecule has 20 heteroatoms. The van der Waals surface area contributed by atoms with Crippen LogP contribution in [0.15, 0.2) is 30.4 Å². The first-order valence-electron chi connectivity index (χ1n) is 22.0. The van der Waals surface area contributed by atoms with Crippen LogP contribution < -0.4 is 20.7 Å². The number of alkyl carbamates (subject to hydrolysis) is 1. The van der Waals surface area contributed by atoms with E-state index in [9.17, 15) is 46.4 Å². The summed E-state index contributed by atoms with van der Waals surface area (Å²) < 4.78 is 59.2. The number of nitrogens with zero attached hydrogens (tertiary/aromatic N) is 2. The molecule has 3 fully saturated rings. The summed E-state index contributed by atoms with van der Waals surface area (Å²) in [5.41, 5.74) is -2.45. The first-order valence-corrected chi connectivity index (χ1v) is 23.6. The molecular weight excluding hydrogens is 856 g/mol. The van der Waals surface area contributed by atoms with Crippen molar-refractivity contribution in [2.45, 2.75) is 171 Å². The number of hydrogen-bond acceptors (Lipinski definition) is 12. The molecule has 18 nitrogen and oxygen atoms in total. The molecule has 1 saturated heterocycles. The van der Waals surface area contributed by atoms with Crippen LogP contribution in [0, 0.1) is 11.7 Å². The average Bonchev–Trinajstić information content (AvgIpc) is 4.07. The zero-order valence-corrected chi connectivity index (χ0v) is 38.1. The van der Waals surface area contributed by atoms with E-state index >= 15 is 0 Å². The largest absolute Gasteiger partial charge is 0.460 e. The van der Waals surface area contributed by atoms with Gasteiger partial charge in [-0.05, 0) is 98.1 Å². The van der Waals surface area contributed by atoms with Gasteiger partial charge in [0.2, 0.25) is 27.7 Å². The Kier molecular flexibility index (Phi) is 14.4. The van der Waals surface area contributed by atoms with Crippen LogP contribution in [-0.4, -0.2) is 113 Å². The number of halogens is 1. The number of fused-ring (bicyclic) bond motifs is 3. The maximum atomic E-state index is 14.8. The summed E-state index contributed by atoms with van der Waals surface area (Å²) in [7, 11) is -3.99. The molecule has 3 aliphatic heterocycles. The molecule has 0 radical (unpaired) electrons. The van der Waals surface area contributed by atoms with E-state index in [4.69, 9.17) is 14.2 Å². The first kappa shape index (κ1) is 48.2. The van der Waals surface area contributed by atoms with Crippen molar-refractivity contribution in [1.82, 2.24) is 30.5 Å². The monoisotopic (exact) mass is 916 g/mol. The third kappa shape index (κ3) is 12.3. The normalized spacial score (nSPS) is 26.0. The number of carbonyl (C=O) groups excluding carboxylic acids is 7. The van der Waals surface area contributed by atoms with Crippen LogP contribution in [0.2, 0.25) is 0 Å². The summed E-state index contributed by atoms with van der Waals surface area (Å²) in [6.45, 7) is 9.68. The molecule has 0 unspecified atom stereocenters. The fraction of sp³-hybridized carbons (Fsp3) is 0.659. The van der Waals surface area contributed by atoms with Crippen LogP contribution in [0.1, 0.15) is 123 Å². The second kappa shape index (κ2) is 19.1. The number of rotatable bonds is 10. The van der Waals surface area contributed by atoms with Gasteiger partial charge < -0.3 is 35.1 Å². The highest BCUT2D eigenvalue weighted by Crippen LogP contribution is 2.46. The van der Waals surface area contributed by atoms with Gasteiger partial charge in [-0.25, -0.2) is 22.4 Å². The zero-order valence-electron chi connectivity index (χ0n) is 37.3. The highest BCUT2D eigenvalue weighted by atomic mass is 32.2. The Bertz CT molecular complexity index is 2150. The maximum absolute atomic E-state index is 14.8. The molecule has 1 aromatic rings. The van der Waals surface area contributed by atoms with E-state index < -0.39 is 110 Å².